The van der Waals surface area contributed by atoms with Gasteiger partial charge in [-0.05, 0) is 41.0 Å². The van der Waals surface area contributed by atoms with Crippen LogP contribution in [-0.4, -0.2) is 31.5 Å². The Labute approximate surface area is 97.7 Å². The zero-order valence-electron chi connectivity index (χ0n) is 8.54. The van der Waals surface area contributed by atoms with Crippen LogP contribution in [0.25, 0.3) is 0 Å². The van der Waals surface area contributed by atoms with Crippen molar-refractivity contribution < 1.29 is 14.3 Å². The monoisotopic (exact) mass is 277 g/mol. The fraction of sp³-hybridized carbons (Fsp3) is 0.600. The lowest BCUT2D eigenvalue weighted by Gasteiger charge is -2.03. The average molecular weight is 278 g/mol. The highest BCUT2D eigenvalue weighted by atomic mass is 79.9. The van der Waals surface area contributed by atoms with Crippen LogP contribution in [-0.2, 0) is 11.3 Å². The van der Waals surface area contributed by atoms with Crippen LogP contribution >= 0.6 is 15.9 Å². The van der Waals surface area contributed by atoms with E-state index in [9.17, 15) is 0 Å². The molecule has 2 N–H and O–H groups in total. The van der Waals surface area contributed by atoms with Gasteiger partial charge in [-0.2, -0.15) is 0 Å². The Kier molecular flexibility index (Phi) is 6.67. The smallest absolute Gasteiger partial charge is 0.169 e. The van der Waals surface area contributed by atoms with Gasteiger partial charge < -0.3 is 19.6 Å². The van der Waals surface area contributed by atoms with Crippen LogP contribution in [0, 0.1) is 0 Å². The second-order valence-electron chi connectivity index (χ2n) is 3.07. The summed E-state index contributed by atoms with van der Waals surface area (Å²) in [5.41, 5.74) is 0. The maximum absolute atomic E-state index is 8.46. The molecule has 0 radical (unpaired) electrons. The standard InChI is InChI=1S/C10H16BrNO3/c11-10-3-2-9(15-10)8-12-4-1-6-14-7-5-13/h2-3,12-13H,1,4-8H2. The van der Waals surface area contributed by atoms with Crippen molar-refractivity contribution in [2.75, 3.05) is 26.4 Å². The van der Waals surface area contributed by atoms with E-state index in [2.05, 4.69) is 21.2 Å². The second kappa shape index (κ2) is 7.87. The van der Waals surface area contributed by atoms with E-state index < -0.39 is 0 Å². The molecule has 0 aromatic carbocycles. The molecule has 5 heteroatoms. The number of hydrogen-bond donors (Lipinski definition) is 2. The topological polar surface area (TPSA) is 54.6 Å². The second-order valence-corrected chi connectivity index (χ2v) is 3.85. The summed E-state index contributed by atoms with van der Waals surface area (Å²) < 4.78 is 11.2. The molecular formula is C10H16BrNO3. The Hall–Kier alpha value is -0.360. The number of rotatable bonds is 8. The number of furan rings is 1. The number of halogens is 1. The summed E-state index contributed by atoms with van der Waals surface area (Å²) in [5, 5.41) is 11.7. The third-order valence-electron chi connectivity index (χ3n) is 1.81. The highest BCUT2D eigenvalue weighted by Crippen LogP contribution is 2.13. The first-order valence-electron chi connectivity index (χ1n) is 4.96. The lowest BCUT2D eigenvalue weighted by atomic mass is 10.4. The Bertz CT molecular complexity index is 265. The molecule has 0 saturated carbocycles. The molecule has 0 unspecified atom stereocenters. The van der Waals surface area contributed by atoms with Gasteiger partial charge in [-0.3, -0.25) is 0 Å². The van der Waals surface area contributed by atoms with Crippen molar-refractivity contribution in [1.29, 1.82) is 0 Å². The molecule has 1 aromatic rings. The molecule has 0 fully saturated rings. The highest BCUT2D eigenvalue weighted by Gasteiger charge is 1.97. The van der Waals surface area contributed by atoms with E-state index in [1.165, 1.54) is 0 Å². The molecule has 1 rings (SSSR count). The van der Waals surface area contributed by atoms with E-state index in [1.807, 2.05) is 12.1 Å². The van der Waals surface area contributed by atoms with Gasteiger partial charge in [0.15, 0.2) is 4.67 Å². The molecule has 1 heterocycles. The first kappa shape index (κ1) is 12.7. The van der Waals surface area contributed by atoms with Crippen molar-refractivity contribution in [2.45, 2.75) is 13.0 Å². The summed E-state index contributed by atoms with van der Waals surface area (Å²) in [5.74, 6) is 0.915. The van der Waals surface area contributed by atoms with Crippen molar-refractivity contribution in [3.05, 3.63) is 22.6 Å². The van der Waals surface area contributed by atoms with E-state index >= 15 is 0 Å². The third-order valence-corrected chi connectivity index (χ3v) is 2.23. The minimum atomic E-state index is 0.0911. The molecule has 0 aliphatic heterocycles. The number of nitrogens with one attached hydrogen (secondary N) is 1. The quantitative estimate of drug-likeness (QED) is 0.708. The fourth-order valence-electron chi connectivity index (χ4n) is 1.12. The van der Waals surface area contributed by atoms with Gasteiger partial charge in [-0.1, -0.05) is 0 Å². The SMILES string of the molecule is OCCOCCCNCc1ccc(Br)o1. The summed E-state index contributed by atoms with van der Waals surface area (Å²) in [7, 11) is 0. The van der Waals surface area contributed by atoms with Gasteiger partial charge in [0.05, 0.1) is 19.8 Å². The molecule has 0 saturated heterocycles. The van der Waals surface area contributed by atoms with E-state index in [0.29, 0.717) is 13.2 Å². The molecule has 0 aliphatic rings. The Balaban J connectivity index is 1.93. The average Bonchev–Trinajstić information content (AvgIpc) is 2.63. The van der Waals surface area contributed by atoms with Crippen LogP contribution in [0.5, 0.6) is 0 Å². The highest BCUT2D eigenvalue weighted by molar-refractivity contribution is 9.10. The fourth-order valence-corrected chi connectivity index (χ4v) is 1.46. The molecule has 0 amide bonds. The van der Waals surface area contributed by atoms with Crippen LogP contribution < -0.4 is 5.32 Å². The normalized spacial score (nSPS) is 10.8. The van der Waals surface area contributed by atoms with Crippen molar-refractivity contribution in [1.82, 2.24) is 5.32 Å². The van der Waals surface area contributed by atoms with Crippen LogP contribution in [0.2, 0.25) is 0 Å². The van der Waals surface area contributed by atoms with Gasteiger partial charge in [0.1, 0.15) is 5.76 Å². The number of aliphatic hydroxyl groups is 1. The molecule has 0 spiro atoms. The van der Waals surface area contributed by atoms with Crippen molar-refractivity contribution >= 4 is 15.9 Å². The molecule has 0 bridgehead atoms. The van der Waals surface area contributed by atoms with E-state index in [-0.39, 0.29) is 6.61 Å². The Morgan fingerprint density at radius 1 is 1.40 bits per heavy atom. The molecule has 0 aliphatic carbocycles. The van der Waals surface area contributed by atoms with Gasteiger partial charge >= 0.3 is 0 Å². The zero-order valence-corrected chi connectivity index (χ0v) is 10.1. The van der Waals surface area contributed by atoms with Crippen LogP contribution in [0.4, 0.5) is 0 Å². The summed E-state index contributed by atoms with van der Waals surface area (Å²) in [6.45, 7) is 2.80. The van der Waals surface area contributed by atoms with Crippen LogP contribution in [0.3, 0.4) is 0 Å². The molecule has 1 aromatic heterocycles. The van der Waals surface area contributed by atoms with E-state index in [1.54, 1.807) is 0 Å². The number of ether oxygens (including phenoxy) is 1. The van der Waals surface area contributed by atoms with Crippen LogP contribution in [0.15, 0.2) is 21.2 Å². The minimum absolute atomic E-state index is 0.0911. The predicted molar refractivity (Wildman–Crippen MR) is 60.6 cm³/mol. The lowest BCUT2D eigenvalue weighted by Crippen LogP contribution is -2.16. The van der Waals surface area contributed by atoms with Gasteiger partial charge in [-0.15, -0.1) is 0 Å². The minimum Gasteiger partial charge on any atom is -0.453 e. The molecule has 86 valence electrons. The zero-order chi connectivity index (χ0) is 10.9. The summed E-state index contributed by atoms with van der Waals surface area (Å²) in [6.07, 6.45) is 0.932. The largest absolute Gasteiger partial charge is 0.453 e. The molecule has 15 heavy (non-hydrogen) atoms. The Morgan fingerprint density at radius 2 is 2.27 bits per heavy atom. The van der Waals surface area contributed by atoms with E-state index in [0.717, 1.165) is 29.9 Å². The summed E-state index contributed by atoms with van der Waals surface area (Å²) in [6, 6.07) is 3.81. The first-order valence-corrected chi connectivity index (χ1v) is 5.76. The van der Waals surface area contributed by atoms with Gasteiger partial charge in [0.25, 0.3) is 0 Å². The van der Waals surface area contributed by atoms with Crippen molar-refractivity contribution in [3.8, 4) is 0 Å². The maximum Gasteiger partial charge on any atom is 0.169 e. The first-order chi connectivity index (χ1) is 7.33. The van der Waals surface area contributed by atoms with Crippen LogP contribution in [0.1, 0.15) is 12.2 Å². The van der Waals surface area contributed by atoms with E-state index in [4.69, 9.17) is 14.3 Å². The molecular weight excluding hydrogens is 262 g/mol. The van der Waals surface area contributed by atoms with Gasteiger partial charge in [0.2, 0.25) is 0 Å². The summed E-state index contributed by atoms with van der Waals surface area (Å²) in [4.78, 5) is 0. The third kappa shape index (κ3) is 5.94. The van der Waals surface area contributed by atoms with Gasteiger partial charge in [0, 0.05) is 6.61 Å². The van der Waals surface area contributed by atoms with Gasteiger partial charge in [-0.25, -0.2) is 0 Å². The Morgan fingerprint density at radius 3 is 2.93 bits per heavy atom. The molecule has 4 nitrogen and oxygen atoms in total. The summed E-state index contributed by atoms with van der Waals surface area (Å²) >= 11 is 3.25. The predicted octanol–water partition coefficient (Wildman–Crippen LogP) is 1.53. The van der Waals surface area contributed by atoms with Crippen molar-refractivity contribution in [2.24, 2.45) is 0 Å². The number of hydrogen-bond acceptors (Lipinski definition) is 4. The van der Waals surface area contributed by atoms with Crippen molar-refractivity contribution in [3.63, 3.8) is 0 Å². The number of aliphatic hydroxyl groups excluding tert-OH is 1. The maximum atomic E-state index is 8.46. The lowest BCUT2D eigenvalue weighted by molar-refractivity contribution is 0.0906. The molecule has 0 atom stereocenters.